The van der Waals surface area contributed by atoms with Crippen molar-refractivity contribution in [3.05, 3.63) is 53.3 Å². The van der Waals surface area contributed by atoms with Gasteiger partial charge in [0.2, 0.25) is 0 Å². The van der Waals surface area contributed by atoms with Crippen LogP contribution >= 0.6 is 11.6 Å². The molecule has 118 valence electrons. The molecule has 22 heavy (non-hydrogen) atoms. The van der Waals surface area contributed by atoms with Crippen LogP contribution < -0.4 is 4.72 Å². The highest BCUT2D eigenvalue weighted by Crippen LogP contribution is 2.23. The standard InChI is InChI=1S/C17H21ClN2OS/c1-12(20-22(21)17(2,3)4)16-10-7-14(11-19-16)13-5-8-15(18)9-6-13/h5-12,20H,1-4H3. The number of pyridine rings is 1. The lowest BCUT2D eigenvalue weighted by atomic mass is 10.1. The molecule has 0 saturated heterocycles. The summed E-state index contributed by atoms with van der Waals surface area (Å²) in [5.74, 6) is 0. The monoisotopic (exact) mass is 336 g/mol. The smallest absolute Gasteiger partial charge is 0.136 e. The minimum absolute atomic E-state index is 0.0701. The fourth-order valence-corrected chi connectivity index (χ4v) is 2.79. The van der Waals surface area contributed by atoms with E-state index in [1.165, 1.54) is 0 Å². The molecule has 2 unspecified atom stereocenters. The largest absolute Gasteiger partial charge is 0.598 e. The summed E-state index contributed by atoms with van der Waals surface area (Å²) in [6.45, 7) is 7.80. The first-order valence-electron chi connectivity index (χ1n) is 7.17. The second-order valence-corrected chi connectivity index (χ2v) is 8.63. The summed E-state index contributed by atoms with van der Waals surface area (Å²) in [7, 11) is 0. The molecule has 1 heterocycles. The molecule has 0 fully saturated rings. The molecule has 0 aliphatic heterocycles. The van der Waals surface area contributed by atoms with Crippen molar-refractivity contribution >= 4 is 23.0 Å². The molecule has 3 nitrogen and oxygen atoms in total. The van der Waals surface area contributed by atoms with Crippen LogP contribution in [0, 0.1) is 0 Å². The summed E-state index contributed by atoms with van der Waals surface area (Å²) >= 11 is 4.78. The van der Waals surface area contributed by atoms with Gasteiger partial charge in [0.25, 0.3) is 0 Å². The van der Waals surface area contributed by atoms with Crippen molar-refractivity contribution in [2.24, 2.45) is 0 Å². The summed E-state index contributed by atoms with van der Waals surface area (Å²) in [6.07, 6.45) is 1.83. The second kappa shape index (κ2) is 7.01. The van der Waals surface area contributed by atoms with Gasteiger partial charge in [0.1, 0.15) is 4.75 Å². The van der Waals surface area contributed by atoms with Crippen molar-refractivity contribution in [2.45, 2.75) is 38.5 Å². The van der Waals surface area contributed by atoms with Crippen LogP contribution in [0.5, 0.6) is 0 Å². The summed E-state index contributed by atoms with van der Waals surface area (Å²) < 4.78 is 14.9. The van der Waals surface area contributed by atoms with Crippen molar-refractivity contribution in [2.75, 3.05) is 0 Å². The molecule has 2 atom stereocenters. The van der Waals surface area contributed by atoms with Crippen LogP contribution in [0.15, 0.2) is 42.6 Å². The first kappa shape index (κ1) is 17.3. The highest BCUT2D eigenvalue weighted by Gasteiger charge is 2.28. The van der Waals surface area contributed by atoms with Crippen LogP contribution in [0.4, 0.5) is 0 Å². The summed E-state index contributed by atoms with van der Waals surface area (Å²) in [4.78, 5) is 4.48. The van der Waals surface area contributed by atoms with E-state index in [1.54, 1.807) is 0 Å². The number of nitrogens with one attached hydrogen (secondary N) is 1. The van der Waals surface area contributed by atoms with Crippen molar-refractivity contribution < 1.29 is 4.55 Å². The fourth-order valence-electron chi connectivity index (χ4n) is 1.87. The van der Waals surface area contributed by atoms with Crippen LogP contribution in [0.3, 0.4) is 0 Å². The first-order chi connectivity index (χ1) is 10.3. The average molecular weight is 337 g/mol. The first-order valence-corrected chi connectivity index (χ1v) is 8.70. The third kappa shape index (κ3) is 4.46. The molecular formula is C17H21ClN2OS. The van der Waals surface area contributed by atoms with E-state index < -0.39 is 11.4 Å². The van der Waals surface area contributed by atoms with Gasteiger partial charge in [0, 0.05) is 28.1 Å². The Morgan fingerprint density at radius 3 is 2.18 bits per heavy atom. The molecule has 0 spiro atoms. The van der Waals surface area contributed by atoms with Gasteiger partial charge < -0.3 is 4.55 Å². The third-order valence-electron chi connectivity index (χ3n) is 3.25. The summed E-state index contributed by atoms with van der Waals surface area (Å²) in [6, 6.07) is 11.6. The normalized spacial score (nSPS) is 14.6. The molecule has 2 aromatic rings. The molecule has 1 aromatic heterocycles. The zero-order valence-corrected chi connectivity index (χ0v) is 14.8. The Morgan fingerprint density at radius 1 is 1.09 bits per heavy atom. The Balaban J connectivity index is 2.10. The molecule has 0 saturated carbocycles. The van der Waals surface area contributed by atoms with Gasteiger partial charge in [-0.15, -0.1) is 4.72 Å². The topological polar surface area (TPSA) is 48.0 Å². The molecule has 0 aliphatic carbocycles. The minimum Gasteiger partial charge on any atom is -0.598 e. The number of rotatable bonds is 4. The van der Waals surface area contributed by atoms with Crippen LogP contribution in [0.25, 0.3) is 11.1 Å². The maximum atomic E-state index is 12.1. The number of halogens is 1. The number of hydrogen-bond donors (Lipinski definition) is 1. The van der Waals surface area contributed by atoms with Gasteiger partial charge in [0.05, 0.1) is 11.7 Å². The Bertz CT molecular complexity index is 608. The van der Waals surface area contributed by atoms with E-state index in [0.29, 0.717) is 0 Å². The van der Waals surface area contributed by atoms with Crippen molar-refractivity contribution in [3.8, 4) is 11.1 Å². The quantitative estimate of drug-likeness (QED) is 0.835. The molecule has 1 aromatic carbocycles. The van der Waals surface area contributed by atoms with Gasteiger partial charge in [-0.3, -0.25) is 4.98 Å². The van der Waals surface area contributed by atoms with Gasteiger partial charge >= 0.3 is 0 Å². The molecular weight excluding hydrogens is 316 g/mol. The van der Waals surface area contributed by atoms with E-state index in [4.69, 9.17) is 11.6 Å². The van der Waals surface area contributed by atoms with Crippen molar-refractivity contribution in [3.63, 3.8) is 0 Å². The van der Waals surface area contributed by atoms with Gasteiger partial charge in [-0.05, 0) is 51.5 Å². The Morgan fingerprint density at radius 2 is 1.68 bits per heavy atom. The lowest BCUT2D eigenvalue weighted by molar-refractivity contribution is 0.529. The Labute approximate surface area is 140 Å². The molecule has 0 bridgehead atoms. The number of aromatic nitrogens is 1. The van der Waals surface area contributed by atoms with Crippen LogP contribution in [0.1, 0.15) is 39.4 Å². The molecule has 0 amide bonds. The zero-order valence-electron chi connectivity index (χ0n) is 13.3. The lowest BCUT2D eigenvalue weighted by Crippen LogP contribution is -2.40. The van der Waals surface area contributed by atoms with E-state index in [-0.39, 0.29) is 10.8 Å². The van der Waals surface area contributed by atoms with Crippen LogP contribution in [-0.4, -0.2) is 14.3 Å². The second-order valence-electron chi connectivity index (χ2n) is 6.20. The molecule has 0 aliphatic rings. The van der Waals surface area contributed by atoms with Gasteiger partial charge in [-0.25, -0.2) is 0 Å². The van der Waals surface area contributed by atoms with Gasteiger partial charge in [0.15, 0.2) is 0 Å². The maximum absolute atomic E-state index is 12.1. The van der Waals surface area contributed by atoms with Gasteiger partial charge in [-0.1, -0.05) is 29.8 Å². The lowest BCUT2D eigenvalue weighted by Gasteiger charge is -2.26. The maximum Gasteiger partial charge on any atom is 0.136 e. The van der Waals surface area contributed by atoms with E-state index in [2.05, 4.69) is 9.71 Å². The predicted octanol–water partition coefficient (Wildman–Crippen LogP) is 4.51. The van der Waals surface area contributed by atoms with Crippen molar-refractivity contribution in [1.29, 1.82) is 0 Å². The zero-order chi connectivity index (χ0) is 16.3. The minimum atomic E-state index is -1.12. The summed E-state index contributed by atoms with van der Waals surface area (Å²) in [5, 5.41) is 0.718. The third-order valence-corrected chi connectivity index (χ3v) is 5.18. The molecule has 0 radical (unpaired) electrons. The van der Waals surface area contributed by atoms with E-state index in [9.17, 15) is 4.55 Å². The van der Waals surface area contributed by atoms with Crippen LogP contribution in [0.2, 0.25) is 5.02 Å². The molecule has 2 rings (SSSR count). The highest BCUT2D eigenvalue weighted by atomic mass is 35.5. The number of nitrogens with zero attached hydrogens (tertiary/aromatic N) is 1. The number of hydrogen-bond acceptors (Lipinski definition) is 3. The van der Waals surface area contributed by atoms with Crippen molar-refractivity contribution in [1.82, 2.24) is 9.71 Å². The Hall–Kier alpha value is -1.07. The molecule has 1 N–H and O–H groups in total. The average Bonchev–Trinajstić information content (AvgIpc) is 2.47. The van der Waals surface area contributed by atoms with E-state index in [0.717, 1.165) is 21.8 Å². The molecule has 5 heteroatoms. The predicted molar refractivity (Wildman–Crippen MR) is 94.1 cm³/mol. The highest BCUT2D eigenvalue weighted by molar-refractivity contribution is 7.90. The van der Waals surface area contributed by atoms with Crippen LogP contribution in [-0.2, 0) is 11.4 Å². The Kier molecular flexibility index (Phi) is 5.50. The van der Waals surface area contributed by atoms with E-state index >= 15 is 0 Å². The van der Waals surface area contributed by atoms with Gasteiger partial charge in [-0.2, -0.15) is 0 Å². The fraction of sp³-hybridized carbons (Fsp3) is 0.353. The van der Waals surface area contributed by atoms with E-state index in [1.807, 2.05) is 70.3 Å². The summed E-state index contributed by atoms with van der Waals surface area (Å²) in [5.41, 5.74) is 2.97. The number of benzene rings is 1. The SMILES string of the molecule is CC(N[S+]([O-])C(C)(C)C)c1ccc(-c2ccc(Cl)cc2)cn1.